The van der Waals surface area contributed by atoms with Crippen LogP contribution < -0.4 is 4.90 Å². The summed E-state index contributed by atoms with van der Waals surface area (Å²) in [5, 5.41) is 2.51. The number of carbonyl (C=O) groups excluding carboxylic acids is 1. The number of hydrogen-bond acceptors (Lipinski definition) is 4. The van der Waals surface area contributed by atoms with Crippen molar-refractivity contribution in [3.8, 4) is 11.3 Å². The number of nitrogens with zero attached hydrogens (tertiary/aromatic N) is 3. The highest BCUT2D eigenvalue weighted by molar-refractivity contribution is 7.14. The van der Waals surface area contributed by atoms with Crippen LogP contribution in [0.4, 0.5) is 9.52 Å². The Morgan fingerprint density at radius 1 is 1.04 bits per heavy atom. The minimum atomic E-state index is -0.514. The minimum absolute atomic E-state index is 0. The van der Waals surface area contributed by atoms with E-state index in [2.05, 4.69) is 9.88 Å². The van der Waals surface area contributed by atoms with E-state index in [1.807, 2.05) is 49.8 Å². The highest BCUT2D eigenvalue weighted by Crippen LogP contribution is 2.28. The van der Waals surface area contributed by atoms with Crippen molar-refractivity contribution in [2.24, 2.45) is 0 Å². The normalized spacial score (nSPS) is 10.6. The van der Waals surface area contributed by atoms with E-state index in [1.165, 1.54) is 23.5 Å². The standard InChI is InChI=1S/C21H22FN3OS.ClH/c1-24(2)13-8-14-25(20(26)17-11-6-7-12-18(17)22)21-23-19(15-27-21)16-9-4-3-5-10-16;/h3-7,9-12,15H,8,13-14H2,1-2H3;1H. The van der Waals surface area contributed by atoms with Crippen LogP contribution in [0.2, 0.25) is 0 Å². The maximum absolute atomic E-state index is 14.2. The molecule has 1 amide bonds. The monoisotopic (exact) mass is 419 g/mol. The fourth-order valence-corrected chi connectivity index (χ4v) is 3.60. The Labute approximate surface area is 175 Å². The number of halogens is 2. The predicted octanol–water partition coefficient (Wildman–Crippen LogP) is 4.97. The predicted molar refractivity (Wildman–Crippen MR) is 116 cm³/mol. The van der Waals surface area contributed by atoms with E-state index in [4.69, 9.17) is 0 Å². The van der Waals surface area contributed by atoms with Gasteiger partial charge < -0.3 is 4.90 Å². The van der Waals surface area contributed by atoms with E-state index in [9.17, 15) is 9.18 Å². The molecule has 0 spiro atoms. The molecular formula is C21H23ClFN3OS. The van der Waals surface area contributed by atoms with Crippen molar-refractivity contribution in [3.05, 3.63) is 71.4 Å². The van der Waals surface area contributed by atoms with Crippen molar-refractivity contribution in [1.29, 1.82) is 0 Å². The van der Waals surface area contributed by atoms with Crippen LogP contribution in [-0.2, 0) is 0 Å². The van der Waals surface area contributed by atoms with Gasteiger partial charge in [-0.2, -0.15) is 0 Å². The summed E-state index contributed by atoms with van der Waals surface area (Å²) in [4.78, 5) is 21.3. The molecule has 0 saturated carbocycles. The molecule has 0 bridgehead atoms. The summed E-state index contributed by atoms with van der Waals surface area (Å²) < 4.78 is 14.2. The Morgan fingerprint density at radius 3 is 2.39 bits per heavy atom. The third-order valence-electron chi connectivity index (χ3n) is 4.13. The van der Waals surface area contributed by atoms with Crippen molar-refractivity contribution < 1.29 is 9.18 Å². The quantitative estimate of drug-likeness (QED) is 0.542. The van der Waals surface area contributed by atoms with E-state index >= 15 is 0 Å². The SMILES string of the molecule is CN(C)CCCN(C(=O)c1ccccc1F)c1nc(-c2ccccc2)cs1.Cl. The Morgan fingerprint density at radius 2 is 1.71 bits per heavy atom. The minimum Gasteiger partial charge on any atom is -0.309 e. The third-order valence-corrected chi connectivity index (χ3v) is 4.99. The topological polar surface area (TPSA) is 36.4 Å². The molecular weight excluding hydrogens is 397 g/mol. The van der Waals surface area contributed by atoms with Crippen molar-refractivity contribution in [2.45, 2.75) is 6.42 Å². The number of anilines is 1. The lowest BCUT2D eigenvalue weighted by Gasteiger charge is -2.21. The molecule has 0 atom stereocenters. The van der Waals surface area contributed by atoms with Gasteiger partial charge >= 0.3 is 0 Å². The molecule has 0 aliphatic rings. The van der Waals surface area contributed by atoms with Gasteiger partial charge in [0.15, 0.2) is 5.13 Å². The molecule has 3 rings (SSSR count). The van der Waals surface area contributed by atoms with Gasteiger partial charge in [0.1, 0.15) is 5.82 Å². The van der Waals surface area contributed by atoms with Crippen LogP contribution in [0, 0.1) is 5.82 Å². The zero-order valence-electron chi connectivity index (χ0n) is 15.8. The maximum Gasteiger partial charge on any atom is 0.263 e. The zero-order valence-corrected chi connectivity index (χ0v) is 17.5. The van der Waals surface area contributed by atoms with Crippen molar-refractivity contribution in [2.75, 3.05) is 32.1 Å². The number of carbonyl (C=O) groups is 1. The fraction of sp³-hybridized carbons (Fsp3) is 0.238. The summed E-state index contributed by atoms with van der Waals surface area (Å²) in [5.74, 6) is -0.874. The number of benzene rings is 2. The van der Waals surface area contributed by atoms with Crippen LogP contribution in [-0.4, -0.2) is 43.0 Å². The molecule has 1 aromatic heterocycles. The number of aromatic nitrogens is 1. The van der Waals surface area contributed by atoms with Crippen LogP contribution in [0.1, 0.15) is 16.8 Å². The summed E-state index contributed by atoms with van der Waals surface area (Å²) in [6.45, 7) is 1.31. The van der Waals surface area contributed by atoms with E-state index in [0.29, 0.717) is 11.7 Å². The second kappa shape index (κ2) is 10.3. The maximum atomic E-state index is 14.2. The molecule has 0 aliphatic carbocycles. The molecule has 28 heavy (non-hydrogen) atoms. The van der Waals surface area contributed by atoms with Crippen LogP contribution >= 0.6 is 23.7 Å². The molecule has 0 fully saturated rings. The first-order chi connectivity index (χ1) is 13.1. The van der Waals surface area contributed by atoms with E-state index in [0.717, 1.165) is 24.2 Å². The number of hydrogen-bond donors (Lipinski definition) is 0. The summed E-state index contributed by atoms with van der Waals surface area (Å²) >= 11 is 1.40. The van der Waals surface area contributed by atoms with Gasteiger partial charge in [-0.25, -0.2) is 9.37 Å². The van der Waals surface area contributed by atoms with E-state index < -0.39 is 5.82 Å². The van der Waals surface area contributed by atoms with Gasteiger partial charge in [0, 0.05) is 17.5 Å². The van der Waals surface area contributed by atoms with Gasteiger partial charge in [0.25, 0.3) is 5.91 Å². The van der Waals surface area contributed by atoms with Crippen LogP contribution in [0.25, 0.3) is 11.3 Å². The second-order valence-corrected chi connectivity index (χ2v) is 7.31. The van der Waals surface area contributed by atoms with Gasteiger partial charge in [-0.3, -0.25) is 9.69 Å². The smallest absolute Gasteiger partial charge is 0.263 e. The van der Waals surface area contributed by atoms with Gasteiger partial charge in [0.05, 0.1) is 11.3 Å². The number of rotatable bonds is 7. The molecule has 3 aromatic rings. The molecule has 2 aromatic carbocycles. The highest BCUT2D eigenvalue weighted by atomic mass is 35.5. The van der Waals surface area contributed by atoms with Gasteiger partial charge in [0.2, 0.25) is 0 Å². The molecule has 1 heterocycles. The van der Waals surface area contributed by atoms with Crippen molar-refractivity contribution in [3.63, 3.8) is 0 Å². The van der Waals surface area contributed by atoms with Crippen LogP contribution in [0.5, 0.6) is 0 Å². The fourth-order valence-electron chi connectivity index (χ4n) is 2.74. The second-order valence-electron chi connectivity index (χ2n) is 6.47. The molecule has 0 radical (unpaired) electrons. The largest absolute Gasteiger partial charge is 0.309 e. The third kappa shape index (κ3) is 5.38. The number of thiazole rings is 1. The van der Waals surface area contributed by atoms with Gasteiger partial charge in [-0.15, -0.1) is 23.7 Å². The van der Waals surface area contributed by atoms with Crippen molar-refractivity contribution >= 4 is 34.8 Å². The summed E-state index contributed by atoms with van der Waals surface area (Å²) in [7, 11) is 3.97. The molecule has 0 aliphatic heterocycles. The zero-order chi connectivity index (χ0) is 19.2. The number of amides is 1. The summed E-state index contributed by atoms with van der Waals surface area (Å²) in [5.41, 5.74) is 1.87. The lowest BCUT2D eigenvalue weighted by atomic mass is 10.2. The Kier molecular flexibility index (Phi) is 8.11. The first-order valence-corrected chi connectivity index (χ1v) is 9.66. The Balaban J connectivity index is 0.00000280. The summed E-state index contributed by atoms with van der Waals surface area (Å²) in [6, 6.07) is 15.9. The molecule has 7 heteroatoms. The lowest BCUT2D eigenvalue weighted by Crippen LogP contribution is -2.34. The molecule has 0 N–H and O–H groups in total. The lowest BCUT2D eigenvalue weighted by molar-refractivity contribution is 0.0982. The Bertz CT molecular complexity index is 901. The summed E-state index contributed by atoms with van der Waals surface area (Å²) in [6.07, 6.45) is 0.771. The average molecular weight is 420 g/mol. The van der Waals surface area contributed by atoms with Crippen molar-refractivity contribution in [1.82, 2.24) is 9.88 Å². The highest BCUT2D eigenvalue weighted by Gasteiger charge is 2.23. The van der Waals surface area contributed by atoms with Gasteiger partial charge in [-0.1, -0.05) is 42.5 Å². The Hall–Kier alpha value is -2.28. The van der Waals surface area contributed by atoms with Crippen LogP contribution in [0.15, 0.2) is 60.0 Å². The van der Waals surface area contributed by atoms with E-state index in [1.54, 1.807) is 17.0 Å². The molecule has 4 nitrogen and oxygen atoms in total. The average Bonchev–Trinajstić information content (AvgIpc) is 3.15. The first kappa shape index (κ1) is 22.0. The molecule has 0 saturated heterocycles. The van der Waals surface area contributed by atoms with Gasteiger partial charge in [-0.05, 0) is 39.2 Å². The van der Waals surface area contributed by atoms with E-state index in [-0.39, 0.29) is 23.9 Å². The molecule has 148 valence electrons. The first-order valence-electron chi connectivity index (χ1n) is 8.78. The molecule has 0 unspecified atom stereocenters. The van der Waals surface area contributed by atoms with Crippen LogP contribution in [0.3, 0.4) is 0 Å².